The number of nitrogens with zero attached hydrogens (tertiary/aromatic N) is 1. The Kier molecular flexibility index (Phi) is 3.83. The topological polar surface area (TPSA) is 49.4 Å². The molecule has 2 aliphatic rings. The fourth-order valence-electron chi connectivity index (χ4n) is 4.06. The quantitative estimate of drug-likeness (QED) is 0.621. The largest absolute Gasteiger partial charge is 0.347 e. The van der Waals surface area contributed by atoms with Crippen molar-refractivity contribution in [3.05, 3.63) is 0 Å². The first-order chi connectivity index (χ1) is 8.76. The summed E-state index contributed by atoms with van der Waals surface area (Å²) < 4.78 is 0. The van der Waals surface area contributed by atoms with Gasteiger partial charge in [-0.05, 0) is 30.1 Å². The van der Waals surface area contributed by atoms with Crippen LogP contribution in [0.3, 0.4) is 0 Å². The number of carbonyl (C=O) groups is 2. The van der Waals surface area contributed by atoms with Crippen molar-refractivity contribution in [2.75, 3.05) is 19.0 Å². The molecule has 0 aromatic heterocycles. The highest BCUT2D eigenvalue weighted by Gasteiger charge is 2.51. The normalized spacial score (nSPS) is 32.2. The lowest BCUT2D eigenvalue weighted by Crippen LogP contribution is -2.46. The number of nitrogens with one attached hydrogen (secondary N) is 1. The highest BCUT2D eigenvalue weighted by molar-refractivity contribution is 6.35. The maximum absolute atomic E-state index is 12.2. The van der Waals surface area contributed by atoms with Crippen molar-refractivity contribution in [1.29, 1.82) is 0 Å². The summed E-state index contributed by atoms with van der Waals surface area (Å²) in [6, 6.07) is 0.211. The van der Waals surface area contributed by atoms with Crippen molar-refractivity contribution in [1.82, 2.24) is 10.2 Å². The van der Waals surface area contributed by atoms with Crippen LogP contribution in [0.5, 0.6) is 0 Å². The first kappa shape index (κ1) is 14.6. The fourth-order valence-corrected chi connectivity index (χ4v) is 4.16. The number of rotatable bonds is 2. The minimum atomic E-state index is -0.519. The summed E-state index contributed by atoms with van der Waals surface area (Å²) in [6.45, 7) is 7.77. The van der Waals surface area contributed by atoms with Crippen LogP contribution in [0.4, 0.5) is 0 Å². The number of hydrogen-bond donors (Lipinski definition) is 1. The Labute approximate surface area is 119 Å². The van der Waals surface area contributed by atoms with Crippen molar-refractivity contribution in [2.45, 2.75) is 46.1 Å². The molecule has 108 valence electrons. The van der Waals surface area contributed by atoms with Crippen LogP contribution in [-0.4, -0.2) is 41.7 Å². The molecule has 1 N–H and O–H groups in total. The number of alkyl halides is 1. The van der Waals surface area contributed by atoms with Gasteiger partial charge in [-0.1, -0.05) is 20.8 Å². The Morgan fingerprint density at radius 2 is 2.00 bits per heavy atom. The van der Waals surface area contributed by atoms with Crippen molar-refractivity contribution in [3.8, 4) is 0 Å². The molecular weight excluding hydrogens is 264 g/mol. The summed E-state index contributed by atoms with van der Waals surface area (Å²) in [5, 5.41) is 2.56. The minimum absolute atomic E-state index is 0.162. The molecule has 0 aromatic carbocycles. The van der Waals surface area contributed by atoms with Gasteiger partial charge in [0.2, 0.25) is 0 Å². The molecule has 1 saturated heterocycles. The van der Waals surface area contributed by atoms with Gasteiger partial charge in [-0.2, -0.15) is 0 Å². The van der Waals surface area contributed by atoms with Crippen LogP contribution in [-0.2, 0) is 9.59 Å². The molecule has 2 bridgehead atoms. The average molecular weight is 287 g/mol. The molecule has 2 atom stereocenters. The Balaban J connectivity index is 2.07. The highest BCUT2D eigenvalue weighted by Crippen LogP contribution is 2.52. The summed E-state index contributed by atoms with van der Waals surface area (Å²) in [5.74, 6) is -0.584. The predicted molar refractivity (Wildman–Crippen MR) is 75.0 cm³/mol. The molecule has 1 aliphatic heterocycles. The van der Waals surface area contributed by atoms with Crippen LogP contribution < -0.4 is 5.32 Å². The monoisotopic (exact) mass is 286 g/mol. The SMILES string of the molecule is CC1(C)CC2CC(C)(CN2C(=O)C(=O)NCCCl)C1. The average Bonchev–Trinajstić information content (AvgIpc) is 2.54. The highest BCUT2D eigenvalue weighted by atomic mass is 35.5. The van der Waals surface area contributed by atoms with Gasteiger partial charge >= 0.3 is 11.8 Å². The second-order valence-corrected chi connectivity index (χ2v) is 7.47. The van der Waals surface area contributed by atoms with Crippen LogP contribution in [0.25, 0.3) is 0 Å². The molecular formula is C14H23ClN2O2. The molecule has 0 radical (unpaired) electrons. The summed E-state index contributed by atoms with van der Waals surface area (Å²) in [6.07, 6.45) is 3.12. The molecule has 2 unspecified atom stereocenters. The van der Waals surface area contributed by atoms with E-state index in [9.17, 15) is 9.59 Å². The molecule has 0 aromatic rings. The van der Waals surface area contributed by atoms with Crippen molar-refractivity contribution in [3.63, 3.8) is 0 Å². The molecule has 2 amide bonds. The van der Waals surface area contributed by atoms with Gasteiger partial charge < -0.3 is 10.2 Å². The van der Waals surface area contributed by atoms with E-state index in [1.165, 1.54) is 0 Å². The molecule has 5 heteroatoms. The summed E-state index contributed by atoms with van der Waals surface area (Å²) >= 11 is 5.52. The number of halogens is 1. The predicted octanol–water partition coefficient (Wildman–Crippen LogP) is 1.77. The van der Waals surface area contributed by atoms with Crippen LogP contribution in [0.1, 0.15) is 40.0 Å². The molecule has 1 aliphatic carbocycles. The van der Waals surface area contributed by atoms with E-state index in [1.54, 1.807) is 4.90 Å². The van der Waals surface area contributed by atoms with Crippen LogP contribution >= 0.6 is 11.6 Å². The van der Waals surface area contributed by atoms with Crippen molar-refractivity contribution < 1.29 is 9.59 Å². The Morgan fingerprint density at radius 3 is 2.63 bits per heavy atom. The zero-order valence-electron chi connectivity index (χ0n) is 12.0. The lowest BCUT2D eigenvalue weighted by atomic mass is 9.65. The maximum atomic E-state index is 12.2. The smallest absolute Gasteiger partial charge is 0.312 e. The number of carbonyl (C=O) groups excluding carboxylic acids is 2. The van der Waals surface area contributed by atoms with Crippen LogP contribution in [0.15, 0.2) is 0 Å². The third-order valence-electron chi connectivity index (χ3n) is 4.25. The number of amides is 2. The fraction of sp³-hybridized carbons (Fsp3) is 0.857. The van der Waals surface area contributed by atoms with Gasteiger partial charge in [0.15, 0.2) is 0 Å². The first-order valence-electron chi connectivity index (χ1n) is 6.91. The molecule has 1 heterocycles. The van der Waals surface area contributed by atoms with Crippen LogP contribution in [0, 0.1) is 10.8 Å². The van der Waals surface area contributed by atoms with Gasteiger partial charge in [-0.3, -0.25) is 9.59 Å². The van der Waals surface area contributed by atoms with E-state index in [0.717, 1.165) is 19.3 Å². The Morgan fingerprint density at radius 1 is 1.32 bits per heavy atom. The molecule has 0 spiro atoms. The third kappa shape index (κ3) is 3.04. The molecule has 4 nitrogen and oxygen atoms in total. The third-order valence-corrected chi connectivity index (χ3v) is 4.44. The van der Waals surface area contributed by atoms with Gasteiger partial charge in [0, 0.05) is 25.0 Å². The second kappa shape index (κ2) is 4.97. The van der Waals surface area contributed by atoms with E-state index in [1.807, 2.05) is 0 Å². The summed E-state index contributed by atoms with van der Waals surface area (Å²) in [7, 11) is 0. The van der Waals surface area contributed by atoms with E-state index in [-0.39, 0.29) is 16.9 Å². The summed E-state index contributed by atoms with van der Waals surface area (Å²) in [5.41, 5.74) is 0.411. The zero-order valence-corrected chi connectivity index (χ0v) is 12.7. The van der Waals surface area contributed by atoms with E-state index >= 15 is 0 Å². The van der Waals surface area contributed by atoms with E-state index < -0.39 is 11.8 Å². The second-order valence-electron chi connectivity index (χ2n) is 7.09. The van der Waals surface area contributed by atoms with E-state index in [0.29, 0.717) is 19.0 Å². The first-order valence-corrected chi connectivity index (χ1v) is 7.45. The number of hydrogen-bond acceptors (Lipinski definition) is 2. The Bertz CT molecular complexity index is 397. The zero-order chi connectivity index (χ0) is 14.3. The standard InChI is InChI=1S/C14H23ClN2O2/c1-13(2)6-10-7-14(3,8-13)9-17(10)12(19)11(18)16-5-4-15/h10H,4-9H2,1-3H3,(H,16,18). The lowest BCUT2D eigenvalue weighted by molar-refractivity contribution is -0.146. The Hall–Kier alpha value is -0.770. The van der Waals surface area contributed by atoms with Crippen molar-refractivity contribution in [2.24, 2.45) is 10.8 Å². The minimum Gasteiger partial charge on any atom is -0.347 e. The van der Waals surface area contributed by atoms with E-state index in [2.05, 4.69) is 26.1 Å². The van der Waals surface area contributed by atoms with Crippen LogP contribution in [0.2, 0.25) is 0 Å². The maximum Gasteiger partial charge on any atom is 0.312 e. The molecule has 2 fully saturated rings. The molecule has 2 rings (SSSR count). The summed E-state index contributed by atoms with van der Waals surface area (Å²) in [4.78, 5) is 25.8. The molecule has 19 heavy (non-hydrogen) atoms. The van der Waals surface area contributed by atoms with E-state index in [4.69, 9.17) is 11.6 Å². The van der Waals surface area contributed by atoms with Gasteiger partial charge in [0.05, 0.1) is 0 Å². The van der Waals surface area contributed by atoms with Gasteiger partial charge in [0.25, 0.3) is 0 Å². The number of likely N-dealkylation sites (tertiary alicyclic amines) is 1. The van der Waals surface area contributed by atoms with Crippen molar-refractivity contribution >= 4 is 23.4 Å². The van der Waals surface area contributed by atoms with Gasteiger partial charge in [-0.25, -0.2) is 0 Å². The van der Waals surface area contributed by atoms with Gasteiger partial charge in [-0.15, -0.1) is 11.6 Å². The number of fused-ring (bicyclic) bond motifs is 2. The lowest BCUT2D eigenvalue weighted by Gasteiger charge is -2.39. The molecule has 1 saturated carbocycles. The van der Waals surface area contributed by atoms with Gasteiger partial charge in [0.1, 0.15) is 0 Å².